The number of hydrogen-bond acceptors (Lipinski definition) is 6. The molecule has 2 amide bonds. The van der Waals surface area contributed by atoms with Crippen molar-refractivity contribution in [1.29, 1.82) is 0 Å². The van der Waals surface area contributed by atoms with Gasteiger partial charge in [0.1, 0.15) is 17.3 Å². The smallest absolute Gasteiger partial charge is 0.273 e. The normalized spacial score (nSPS) is 20.2. The van der Waals surface area contributed by atoms with Gasteiger partial charge in [-0.1, -0.05) is 6.92 Å². The maximum atomic E-state index is 13.8. The van der Waals surface area contributed by atoms with Crippen LogP contribution in [0.3, 0.4) is 0 Å². The number of nitrogens with one attached hydrogen (secondary N) is 2. The number of carbonyl (C=O) groups is 2. The van der Waals surface area contributed by atoms with E-state index in [4.69, 9.17) is 10.5 Å². The molecular formula is C22H30FN5O3. The maximum Gasteiger partial charge on any atom is 0.273 e. The second kappa shape index (κ2) is 9.91. The lowest BCUT2D eigenvalue weighted by Crippen LogP contribution is -2.42. The number of nitrogens with zero attached hydrogens (tertiary/aromatic N) is 2. The number of likely N-dealkylation sites (N-methyl/N-ethyl adjacent to an activating group) is 1. The minimum Gasteiger partial charge on any atom is -0.383 e. The monoisotopic (exact) mass is 431 g/mol. The molecular weight excluding hydrogens is 401 g/mol. The lowest BCUT2D eigenvalue weighted by Gasteiger charge is -2.23. The molecule has 0 aromatic heterocycles. The van der Waals surface area contributed by atoms with Crippen molar-refractivity contribution in [2.75, 3.05) is 31.7 Å². The highest BCUT2D eigenvalue weighted by atomic mass is 19.1. The van der Waals surface area contributed by atoms with E-state index in [9.17, 15) is 14.0 Å². The molecule has 9 heteroatoms. The molecule has 31 heavy (non-hydrogen) atoms. The molecule has 2 aliphatic rings. The Kier molecular flexibility index (Phi) is 7.27. The van der Waals surface area contributed by atoms with Crippen LogP contribution in [-0.2, 0) is 14.3 Å². The summed E-state index contributed by atoms with van der Waals surface area (Å²) < 4.78 is 19.1. The number of rotatable bonds is 6. The van der Waals surface area contributed by atoms with E-state index in [1.807, 2.05) is 6.92 Å². The second-order valence-corrected chi connectivity index (χ2v) is 7.79. The molecule has 4 N–H and O–H groups in total. The first-order valence-corrected chi connectivity index (χ1v) is 10.6. The zero-order valence-electron chi connectivity index (χ0n) is 18.2. The van der Waals surface area contributed by atoms with Gasteiger partial charge in [-0.2, -0.15) is 0 Å². The highest BCUT2D eigenvalue weighted by Gasteiger charge is 2.31. The van der Waals surface area contributed by atoms with Crippen LogP contribution in [-0.4, -0.2) is 50.4 Å². The number of amides is 2. The lowest BCUT2D eigenvalue weighted by atomic mass is 9.99. The largest absolute Gasteiger partial charge is 0.383 e. The molecule has 0 radical (unpaired) electrons. The van der Waals surface area contributed by atoms with Gasteiger partial charge in [0.2, 0.25) is 0 Å². The zero-order chi connectivity index (χ0) is 22.5. The molecule has 3 rings (SSSR count). The van der Waals surface area contributed by atoms with Crippen LogP contribution in [0, 0.1) is 5.82 Å². The van der Waals surface area contributed by atoms with Crippen LogP contribution in [0.15, 0.2) is 34.7 Å². The van der Waals surface area contributed by atoms with Crippen LogP contribution < -0.4 is 21.3 Å². The fourth-order valence-corrected chi connectivity index (χ4v) is 3.91. The number of hydrogen-bond donors (Lipinski definition) is 3. The van der Waals surface area contributed by atoms with Crippen molar-refractivity contribution < 1.29 is 18.7 Å². The van der Waals surface area contributed by atoms with Crippen LogP contribution in [0.1, 0.15) is 44.6 Å². The number of ether oxygens (including phenoxy) is 1. The fraction of sp³-hybridized carbons (Fsp3) is 0.500. The second-order valence-electron chi connectivity index (χ2n) is 7.79. The number of anilines is 1. The summed E-state index contributed by atoms with van der Waals surface area (Å²) in [5, 5.41) is 5.46. The number of halogens is 1. The summed E-state index contributed by atoms with van der Waals surface area (Å²) in [5.41, 5.74) is 8.08. The number of aliphatic imine (C=N–C) groups is 1. The third-order valence-corrected chi connectivity index (χ3v) is 5.76. The topological polar surface area (TPSA) is 109 Å². The first-order valence-electron chi connectivity index (χ1n) is 10.6. The van der Waals surface area contributed by atoms with Gasteiger partial charge in [0.25, 0.3) is 11.8 Å². The quantitative estimate of drug-likeness (QED) is 0.470. The molecule has 0 bridgehead atoms. The van der Waals surface area contributed by atoms with Crippen LogP contribution in [0.4, 0.5) is 10.1 Å². The van der Waals surface area contributed by atoms with E-state index in [1.165, 1.54) is 19.2 Å². The average molecular weight is 432 g/mol. The molecule has 8 nitrogen and oxygen atoms in total. The molecule has 1 atom stereocenters. The molecule has 0 saturated carbocycles. The highest BCUT2D eigenvalue weighted by molar-refractivity contribution is 6.38. The molecule has 1 unspecified atom stereocenters. The van der Waals surface area contributed by atoms with Gasteiger partial charge in [-0.25, -0.2) is 9.38 Å². The van der Waals surface area contributed by atoms with Crippen LogP contribution in [0.25, 0.3) is 0 Å². The summed E-state index contributed by atoms with van der Waals surface area (Å²) >= 11 is 0. The van der Waals surface area contributed by atoms with E-state index >= 15 is 0 Å². The zero-order valence-corrected chi connectivity index (χ0v) is 18.2. The van der Waals surface area contributed by atoms with Crippen molar-refractivity contribution in [3.8, 4) is 0 Å². The van der Waals surface area contributed by atoms with Crippen LogP contribution in [0.5, 0.6) is 0 Å². The Bertz CT molecular complexity index is 908. The van der Waals surface area contributed by atoms with E-state index in [0.717, 1.165) is 30.5 Å². The van der Waals surface area contributed by atoms with Gasteiger partial charge in [0.05, 0.1) is 0 Å². The van der Waals surface area contributed by atoms with Gasteiger partial charge in [-0.3, -0.25) is 9.59 Å². The Labute approximate surface area is 181 Å². The summed E-state index contributed by atoms with van der Waals surface area (Å²) in [4.78, 5) is 31.3. The van der Waals surface area contributed by atoms with Crippen LogP contribution in [0.2, 0.25) is 0 Å². The average Bonchev–Trinajstić information content (AvgIpc) is 3.14. The van der Waals surface area contributed by atoms with Crippen molar-refractivity contribution in [3.63, 3.8) is 0 Å². The number of fused-ring (bicyclic) bond motifs is 1. The Morgan fingerprint density at radius 1 is 1.29 bits per heavy atom. The summed E-state index contributed by atoms with van der Waals surface area (Å²) in [6, 6.07) is 4.55. The molecule has 2 aliphatic heterocycles. The first kappa shape index (κ1) is 22.7. The van der Waals surface area contributed by atoms with Crippen molar-refractivity contribution in [1.82, 2.24) is 10.6 Å². The van der Waals surface area contributed by atoms with Crippen LogP contribution >= 0.6 is 0 Å². The summed E-state index contributed by atoms with van der Waals surface area (Å²) in [5.74, 6) is -0.957. The minimum absolute atomic E-state index is 0.0156. The number of carbonyl (C=O) groups excluding carboxylic acids is 2. The summed E-state index contributed by atoms with van der Waals surface area (Å²) in [6.07, 6.45) is 2.27. The van der Waals surface area contributed by atoms with E-state index in [-0.39, 0.29) is 40.9 Å². The van der Waals surface area contributed by atoms with E-state index in [0.29, 0.717) is 19.8 Å². The third-order valence-electron chi connectivity index (χ3n) is 5.76. The van der Waals surface area contributed by atoms with Crippen molar-refractivity contribution >= 4 is 23.2 Å². The highest BCUT2D eigenvalue weighted by Crippen LogP contribution is 2.40. The first-order chi connectivity index (χ1) is 14.8. The van der Waals surface area contributed by atoms with Crippen molar-refractivity contribution in [2.45, 2.75) is 45.1 Å². The van der Waals surface area contributed by atoms with E-state index in [1.54, 1.807) is 17.9 Å². The Morgan fingerprint density at radius 2 is 2.00 bits per heavy atom. The molecule has 1 aromatic carbocycles. The van der Waals surface area contributed by atoms with E-state index in [2.05, 4.69) is 15.6 Å². The number of nitrogens with two attached hydrogens (primary N) is 1. The van der Waals surface area contributed by atoms with Gasteiger partial charge >= 0.3 is 0 Å². The SMILES string of the molecule is CCC1CN(/C(N)=C(\N=C(C)C(=O)NC2CCOCC2)C(=O)NC)c2ccc(F)cc21. The Hall–Kier alpha value is -2.94. The van der Waals surface area contributed by atoms with Gasteiger partial charge in [-0.05, 0) is 49.9 Å². The Morgan fingerprint density at radius 3 is 2.65 bits per heavy atom. The molecule has 1 fully saturated rings. The van der Waals surface area contributed by atoms with Gasteiger partial charge in [0, 0.05) is 44.5 Å². The molecule has 2 heterocycles. The van der Waals surface area contributed by atoms with E-state index < -0.39 is 5.91 Å². The summed E-state index contributed by atoms with van der Waals surface area (Å²) in [7, 11) is 1.48. The Balaban J connectivity index is 1.91. The predicted molar refractivity (Wildman–Crippen MR) is 117 cm³/mol. The molecule has 0 aliphatic carbocycles. The van der Waals surface area contributed by atoms with Gasteiger partial charge in [0.15, 0.2) is 5.70 Å². The van der Waals surface area contributed by atoms with Gasteiger partial charge < -0.3 is 26.0 Å². The standard InChI is InChI=1S/C22H30FN5O3/c1-4-14-12-28(18-6-5-15(23)11-17(14)18)20(24)19(22(30)25-3)26-13(2)21(29)27-16-7-9-31-10-8-16/h5-6,11,14,16H,4,7-10,12,24H2,1-3H3,(H,25,30)(H,27,29)/b20-19-,26-13?. The molecule has 0 spiro atoms. The molecule has 1 saturated heterocycles. The molecule has 168 valence electrons. The van der Waals surface area contributed by atoms with Gasteiger partial charge in [-0.15, -0.1) is 0 Å². The van der Waals surface area contributed by atoms with Crippen molar-refractivity contribution in [3.05, 3.63) is 41.1 Å². The fourth-order valence-electron chi connectivity index (χ4n) is 3.91. The number of benzene rings is 1. The van der Waals surface area contributed by atoms with Crippen molar-refractivity contribution in [2.24, 2.45) is 10.7 Å². The minimum atomic E-state index is -0.501. The predicted octanol–water partition coefficient (Wildman–Crippen LogP) is 1.77. The maximum absolute atomic E-state index is 13.8. The lowest BCUT2D eigenvalue weighted by molar-refractivity contribution is -0.117. The third kappa shape index (κ3) is 5.04. The summed E-state index contributed by atoms with van der Waals surface area (Å²) in [6.45, 7) is 5.28. The molecule has 1 aromatic rings.